The van der Waals surface area contributed by atoms with E-state index >= 15 is 0 Å². The second-order valence-electron chi connectivity index (χ2n) is 4.49. The average Bonchev–Trinajstić information content (AvgIpc) is 2.44. The van der Waals surface area contributed by atoms with Crippen molar-refractivity contribution in [1.29, 1.82) is 0 Å². The van der Waals surface area contributed by atoms with E-state index < -0.39 is 5.82 Å². The quantitative estimate of drug-likeness (QED) is 0.827. The van der Waals surface area contributed by atoms with Crippen LogP contribution in [0.15, 0.2) is 34.8 Å². The molecule has 2 aromatic rings. The van der Waals surface area contributed by atoms with Gasteiger partial charge in [-0.15, -0.1) is 0 Å². The number of carbonyl (C=O) groups is 1. The molecule has 0 saturated heterocycles. The van der Waals surface area contributed by atoms with Crippen LogP contribution in [0, 0.1) is 12.7 Å². The summed E-state index contributed by atoms with van der Waals surface area (Å²) in [6, 6.07) is 7.77. The van der Waals surface area contributed by atoms with Crippen molar-refractivity contribution in [2.75, 3.05) is 18.2 Å². The molecule has 6 heteroatoms. The molecule has 0 aliphatic carbocycles. The standard InChI is InChI=1S/C15H14BrFN2O2/c1-8-5-9(21-2)3-4-14(8)19-15(20)10-6-13(18)12(17)7-11(10)16/h3-7H,18H2,1-2H3,(H,19,20). The second kappa shape index (κ2) is 6.13. The number of hydrogen-bond donors (Lipinski definition) is 2. The number of nitrogens with two attached hydrogens (primary N) is 1. The van der Waals surface area contributed by atoms with Crippen LogP contribution in [0.4, 0.5) is 15.8 Å². The number of rotatable bonds is 3. The van der Waals surface area contributed by atoms with Gasteiger partial charge in [0.25, 0.3) is 5.91 Å². The summed E-state index contributed by atoms with van der Waals surface area (Å²) in [5, 5.41) is 2.76. The van der Waals surface area contributed by atoms with E-state index in [0.717, 1.165) is 5.56 Å². The first-order valence-corrected chi connectivity index (χ1v) is 6.92. The number of aryl methyl sites for hydroxylation is 1. The molecule has 110 valence electrons. The van der Waals surface area contributed by atoms with Crippen LogP contribution in [0.25, 0.3) is 0 Å². The van der Waals surface area contributed by atoms with E-state index in [-0.39, 0.29) is 17.2 Å². The van der Waals surface area contributed by atoms with Gasteiger partial charge in [0.15, 0.2) is 0 Å². The van der Waals surface area contributed by atoms with Gasteiger partial charge in [-0.25, -0.2) is 4.39 Å². The molecular formula is C15H14BrFN2O2. The van der Waals surface area contributed by atoms with E-state index in [1.807, 2.05) is 13.0 Å². The minimum atomic E-state index is -0.570. The minimum Gasteiger partial charge on any atom is -0.497 e. The van der Waals surface area contributed by atoms with Crippen LogP contribution < -0.4 is 15.8 Å². The Labute approximate surface area is 130 Å². The second-order valence-corrected chi connectivity index (χ2v) is 5.34. The van der Waals surface area contributed by atoms with E-state index in [4.69, 9.17) is 10.5 Å². The molecule has 2 rings (SSSR count). The molecule has 1 amide bonds. The van der Waals surface area contributed by atoms with Crippen LogP contribution in [-0.4, -0.2) is 13.0 Å². The Hall–Kier alpha value is -2.08. The smallest absolute Gasteiger partial charge is 0.256 e. The molecular weight excluding hydrogens is 339 g/mol. The van der Waals surface area contributed by atoms with Gasteiger partial charge in [-0.1, -0.05) is 0 Å². The van der Waals surface area contributed by atoms with Crippen molar-refractivity contribution in [1.82, 2.24) is 0 Å². The molecule has 2 aromatic carbocycles. The van der Waals surface area contributed by atoms with Crippen LogP contribution in [0.3, 0.4) is 0 Å². The Bertz CT molecular complexity index is 704. The van der Waals surface area contributed by atoms with Crippen LogP contribution in [0.1, 0.15) is 15.9 Å². The van der Waals surface area contributed by atoms with Crippen molar-refractivity contribution in [2.45, 2.75) is 6.92 Å². The zero-order valence-electron chi connectivity index (χ0n) is 11.5. The van der Waals surface area contributed by atoms with Gasteiger partial charge < -0.3 is 15.8 Å². The van der Waals surface area contributed by atoms with E-state index in [9.17, 15) is 9.18 Å². The largest absolute Gasteiger partial charge is 0.497 e. The molecule has 0 unspecified atom stereocenters. The van der Waals surface area contributed by atoms with Gasteiger partial charge >= 0.3 is 0 Å². The number of nitrogens with one attached hydrogen (secondary N) is 1. The van der Waals surface area contributed by atoms with Crippen LogP contribution in [-0.2, 0) is 0 Å². The van der Waals surface area contributed by atoms with E-state index in [1.165, 1.54) is 12.1 Å². The number of ether oxygens (including phenoxy) is 1. The molecule has 3 N–H and O–H groups in total. The van der Waals surface area contributed by atoms with Gasteiger partial charge in [0.2, 0.25) is 0 Å². The van der Waals surface area contributed by atoms with Gasteiger partial charge in [-0.2, -0.15) is 0 Å². The van der Waals surface area contributed by atoms with Crippen molar-refractivity contribution in [3.63, 3.8) is 0 Å². The van der Waals surface area contributed by atoms with Gasteiger partial charge in [0.1, 0.15) is 11.6 Å². The number of methoxy groups -OCH3 is 1. The third-order valence-electron chi connectivity index (χ3n) is 3.01. The van der Waals surface area contributed by atoms with Gasteiger partial charge in [0, 0.05) is 10.2 Å². The van der Waals surface area contributed by atoms with Crippen LogP contribution >= 0.6 is 15.9 Å². The maximum Gasteiger partial charge on any atom is 0.256 e. The van der Waals surface area contributed by atoms with Crippen molar-refractivity contribution in [2.24, 2.45) is 0 Å². The van der Waals surface area contributed by atoms with Crippen molar-refractivity contribution in [3.05, 3.63) is 51.7 Å². The van der Waals surface area contributed by atoms with E-state index in [1.54, 1.807) is 19.2 Å². The van der Waals surface area contributed by atoms with Crippen molar-refractivity contribution in [3.8, 4) is 5.75 Å². The molecule has 0 aliphatic rings. The molecule has 0 radical (unpaired) electrons. The normalized spacial score (nSPS) is 10.3. The highest BCUT2D eigenvalue weighted by Crippen LogP contribution is 2.25. The fourth-order valence-corrected chi connectivity index (χ4v) is 2.33. The van der Waals surface area contributed by atoms with Gasteiger partial charge in [-0.05, 0) is 58.7 Å². The predicted molar refractivity (Wildman–Crippen MR) is 84.2 cm³/mol. The average molecular weight is 353 g/mol. The first-order chi connectivity index (χ1) is 9.92. The SMILES string of the molecule is COc1ccc(NC(=O)c2cc(N)c(F)cc2Br)c(C)c1. The first kappa shape index (κ1) is 15.3. The number of carbonyl (C=O) groups excluding carboxylic acids is 1. The fraction of sp³-hybridized carbons (Fsp3) is 0.133. The summed E-state index contributed by atoms with van der Waals surface area (Å²) in [5.41, 5.74) is 7.19. The Morgan fingerprint density at radius 3 is 2.67 bits per heavy atom. The highest BCUT2D eigenvalue weighted by molar-refractivity contribution is 9.10. The monoisotopic (exact) mass is 352 g/mol. The van der Waals surface area contributed by atoms with E-state index in [2.05, 4.69) is 21.2 Å². The molecule has 0 fully saturated rings. The molecule has 0 aliphatic heterocycles. The molecule has 0 heterocycles. The van der Waals surface area contributed by atoms with E-state index in [0.29, 0.717) is 15.9 Å². The third-order valence-corrected chi connectivity index (χ3v) is 3.67. The Morgan fingerprint density at radius 2 is 2.05 bits per heavy atom. The van der Waals surface area contributed by atoms with Gasteiger partial charge in [-0.3, -0.25) is 4.79 Å². The Kier molecular flexibility index (Phi) is 4.47. The summed E-state index contributed by atoms with van der Waals surface area (Å²) in [6.07, 6.45) is 0. The number of halogens is 2. The van der Waals surface area contributed by atoms with Gasteiger partial charge in [0.05, 0.1) is 18.4 Å². The summed E-state index contributed by atoms with van der Waals surface area (Å²) in [7, 11) is 1.57. The number of amides is 1. The highest BCUT2D eigenvalue weighted by Gasteiger charge is 2.14. The molecule has 21 heavy (non-hydrogen) atoms. The number of anilines is 2. The summed E-state index contributed by atoms with van der Waals surface area (Å²) >= 11 is 3.16. The van der Waals surface area contributed by atoms with Crippen LogP contribution in [0.5, 0.6) is 5.75 Å². The highest BCUT2D eigenvalue weighted by atomic mass is 79.9. The molecule has 4 nitrogen and oxygen atoms in total. The zero-order chi connectivity index (χ0) is 15.6. The lowest BCUT2D eigenvalue weighted by Crippen LogP contribution is -2.14. The predicted octanol–water partition coefficient (Wildman–Crippen LogP) is 3.74. The molecule has 0 saturated carbocycles. The minimum absolute atomic E-state index is 0.0743. The zero-order valence-corrected chi connectivity index (χ0v) is 13.1. The third kappa shape index (κ3) is 3.33. The Morgan fingerprint density at radius 1 is 1.33 bits per heavy atom. The molecule has 0 bridgehead atoms. The molecule has 0 atom stereocenters. The summed E-state index contributed by atoms with van der Waals surface area (Å²) in [5.74, 6) is -0.237. The summed E-state index contributed by atoms with van der Waals surface area (Å²) < 4.78 is 18.8. The molecule has 0 spiro atoms. The van der Waals surface area contributed by atoms with Crippen molar-refractivity contribution < 1.29 is 13.9 Å². The lowest BCUT2D eigenvalue weighted by Gasteiger charge is -2.11. The lowest BCUT2D eigenvalue weighted by atomic mass is 10.1. The summed E-state index contributed by atoms with van der Waals surface area (Å²) in [6.45, 7) is 1.85. The maximum absolute atomic E-state index is 13.3. The Balaban J connectivity index is 2.28. The first-order valence-electron chi connectivity index (χ1n) is 6.13. The van der Waals surface area contributed by atoms with Crippen LogP contribution in [0.2, 0.25) is 0 Å². The topological polar surface area (TPSA) is 64.3 Å². The lowest BCUT2D eigenvalue weighted by molar-refractivity contribution is 0.102. The number of benzene rings is 2. The molecule has 0 aromatic heterocycles. The number of hydrogen-bond acceptors (Lipinski definition) is 3. The fourth-order valence-electron chi connectivity index (χ4n) is 1.83. The maximum atomic E-state index is 13.3. The number of nitrogen functional groups attached to an aromatic ring is 1. The summed E-state index contributed by atoms with van der Waals surface area (Å²) in [4.78, 5) is 12.3. The van der Waals surface area contributed by atoms with Crippen molar-refractivity contribution >= 4 is 33.2 Å².